The number of carbonyl (C=O) groups is 2. The third-order valence-corrected chi connectivity index (χ3v) is 6.18. The number of para-hydroxylation sites is 1. The maximum Gasteiger partial charge on any atom is 0.276 e. The van der Waals surface area contributed by atoms with Gasteiger partial charge in [-0.2, -0.15) is 0 Å². The van der Waals surface area contributed by atoms with Crippen LogP contribution in [0.15, 0.2) is 52.4 Å². The summed E-state index contributed by atoms with van der Waals surface area (Å²) in [5, 5.41) is 12.5. The van der Waals surface area contributed by atoms with Crippen molar-refractivity contribution < 1.29 is 14.1 Å². The highest BCUT2D eigenvalue weighted by atomic mass is 32.1. The molecule has 2 amide bonds. The van der Waals surface area contributed by atoms with Crippen molar-refractivity contribution in [2.75, 3.05) is 18.4 Å². The fraction of sp³-hybridized carbons (Fsp3) is 0.250. The molecule has 3 aromatic rings. The highest BCUT2D eigenvalue weighted by Crippen LogP contribution is 2.32. The highest BCUT2D eigenvalue weighted by Gasteiger charge is 2.41. The molecule has 0 unspecified atom stereocenters. The number of rotatable bonds is 2. The number of thiophene rings is 1. The number of nitrogens with zero attached hydrogens (tertiary/aromatic N) is 2. The number of hydrogen-bond donors (Lipinski definition) is 2. The topological polar surface area (TPSA) is 87.5 Å². The van der Waals surface area contributed by atoms with Crippen LogP contribution in [0.3, 0.4) is 0 Å². The molecule has 1 fully saturated rings. The largest absolute Gasteiger partial charge is 0.362 e. The Labute approximate surface area is 165 Å². The summed E-state index contributed by atoms with van der Waals surface area (Å²) in [5.74, 6) is 0.375. The molecule has 28 heavy (non-hydrogen) atoms. The number of nitrogens with one attached hydrogen (secondary N) is 2. The van der Waals surface area contributed by atoms with E-state index in [4.69, 9.17) is 4.52 Å². The van der Waals surface area contributed by atoms with Crippen LogP contribution in [0.1, 0.15) is 33.7 Å². The van der Waals surface area contributed by atoms with Crippen LogP contribution in [-0.2, 0) is 0 Å². The third kappa shape index (κ3) is 2.86. The lowest BCUT2D eigenvalue weighted by Crippen LogP contribution is -2.62. The van der Waals surface area contributed by atoms with Gasteiger partial charge in [0.2, 0.25) is 0 Å². The van der Waals surface area contributed by atoms with Crippen molar-refractivity contribution in [2.45, 2.75) is 18.5 Å². The van der Waals surface area contributed by atoms with Gasteiger partial charge in [-0.05, 0) is 23.6 Å². The Morgan fingerprint density at radius 1 is 1.14 bits per heavy atom. The van der Waals surface area contributed by atoms with Crippen molar-refractivity contribution in [1.82, 2.24) is 15.4 Å². The Kier molecular flexibility index (Phi) is 3.94. The molecule has 2 aromatic heterocycles. The van der Waals surface area contributed by atoms with E-state index in [0.29, 0.717) is 42.9 Å². The van der Waals surface area contributed by atoms with E-state index in [9.17, 15) is 9.59 Å². The van der Waals surface area contributed by atoms with E-state index < -0.39 is 5.66 Å². The van der Waals surface area contributed by atoms with E-state index in [1.807, 2.05) is 35.7 Å². The van der Waals surface area contributed by atoms with Crippen molar-refractivity contribution in [3.8, 4) is 10.6 Å². The molecule has 8 heteroatoms. The van der Waals surface area contributed by atoms with Gasteiger partial charge in [0.1, 0.15) is 5.66 Å². The molecule has 0 atom stereocenters. The molecule has 1 aromatic carbocycles. The standard InChI is InChI=1S/C20H18N4O3S/c25-18-13-4-1-2-5-14(13)21-20(22-18)7-9-24(10-8-20)19(26)15-12-16(27-23-15)17-6-3-11-28-17/h1-6,11-12,21H,7-10H2,(H,22,25). The molecule has 142 valence electrons. The maximum absolute atomic E-state index is 12.8. The van der Waals surface area contributed by atoms with Gasteiger partial charge in [0.25, 0.3) is 11.8 Å². The molecule has 1 saturated heterocycles. The number of carbonyl (C=O) groups excluding carboxylic acids is 2. The maximum atomic E-state index is 12.8. The Balaban J connectivity index is 1.29. The summed E-state index contributed by atoms with van der Waals surface area (Å²) in [6.45, 7) is 1.05. The van der Waals surface area contributed by atoms with Crippen molar-refractivity contribution in [3.63, 3.8) is 0 Å². The molecular weight excluding hydrogens is 376 g/mol. The number of fused-ring (bicyclic) bond motifs is 1. The van der Waals surface area contributed by atoms with Crippen LogP contribution in [-0.4, -0.2) is 40.6 Å². The zero-order chi connectivity index (χ0) is 19.1. The first-order valence-corrected chi connectivity index (χ1v) is 10.0. The fourth-order valence-corrected chi connectivity index (χ4v) is 4.45. The Morgan fingerprint density at radius 3 is 2.75 bits per heavy atom. The molecule has 0 radical (unpaired) electrons. The van der Waals surface area contributed by atoms with E-state index >= 15 is 0 Å². The molecule has 0 aliphatic carbocycles. The first-order chi connectivity index (χ1) is 13.6. The number of aromatic nitrogens is 1. The van der Waals surface area contributed by atoms with Gasteiger partial charge in [0.05, 0.1) is 10.4 Å². The van der Waals surface area contributed by atoms with Crippen molar-refractivity contribution in [3.05, 3.63) is 59.1 Å². The lowest BCUT2D eigenvalue weighted by molar-refractivity contribution is 0.0631. The summed E-state index contributed by atoms with van der Waals surface area (Å²) in [7, 11) is 0. The van der Waals surface area contributed by atoms with Crippen LogP contribution in [0.5, 0.6) is 0 Å². The van der Waals surface area contributed by atoms with Gasteiger partial charge in [-0.25, -0.2) is 0 Å². The van der Waals surface area contributed by atoms with Crippen LogP contribution in [0.4, 0.5) is 5.69 Å². The Hall–Kier alpha value is -3.13. The lowest BCUT2D eigenvalue weighted by Gasteiger charge is -2.45. The van der Waals surface area contributed by atoms with Crippen molar-refractivity contribution in [2.24, 2.45) is 0 Å². The Morgan fingerprint density at radius 2 is 1.96 bits per heavy atom. The summed E-state index contributed by atoms with van der Waals surface area (Å²) in [5.41, 5.74) is 1.28. The zero-order valence-corrected chi connectivity index (χ0v) is 15.8. The second-order valence-electron chi connectivity index (χ2n) is 7.05. The van der Waals surface area contributed by atoms with Gasteiger partial charge in [-0.15, -0.1) is 11.3 Å². The second-order valence-corrected chi connectivity index (χ2v) is 8.00. The summed E-state index contributed by atoms with van der Waals surface area (Å²) in [6, 6.07) is 13.0. The average Bonchev–Trinajstić information content (AvgIpc) is 3.40. The SMILES string of the molecule is O=C1NC2(CCN(C(=O)c3cc(-c4cccs4)on3)CC2)Nc2ccccc21. The van der Waals surface area contributed by atoms with Gasteiger partial charge in [-0.3, -0.25) is 9.59 Å². The second kappa shape index (κ2) is 6.49. The fourth-order valence-electron chi connectivity index (χ4n) is 3.78. The first kappa shape index (κ1) is 17.0. The highest BCUT2D eigenvalue weighted by molar-refractivity contribution is 7.13. The molecule has 1 spiro atoms. The van der Waals surface area contributed by atoms with E-state index in [0.717, 1.165) is 10.6 Å². The third-order valence-electron chi connectivity index (χ3n) is 5.30. The lowest BCUT2D eigenvalue weighted by atomic mass is 9.92. The van der Waals surface area contributed by atoms with Crippen molar-refractivity contribution >= 4 is 28.8 Å². The number of likely N-dealkylation sites (tertiary alicyclic amines) is 1. The van der Waals surface area contributed by atoms with Crippen LogP contribution < -0.4 is 10.6 Å². The molecule has 7 nitrogen and oxygen atoms in total. The van der Waals surface area contributed by atoms with Crippen LogP contribution >= 0.6 is 11.3 Å². The predicted molar refractivity (Wildman–Crippen MR) is 105 cm³/mol. The first-order valence-electron chi connectivity index (χ1n) is 9.13. The minimum atomic E-state index is -0.520. The predicted octanol–water partition coefficient (Wildman–Crippen LogP) is 3.19. The minimum absolute atomic E-state index is 0.0776. The van der Waals surface area contributed by atoms with Gasteiger partial charge in [-0.1, -0.05) is 23.4 Å². The minimum Gasteiger partial charge on any atom is -0.362 e. The summed E-state index contributed by atoms with van der Waals surface area (Å²) >= 11 is 1.54. The summed E-state index contributed by atoms with van der Waals surface area (Å²) < 4.78 is 5.33. The smallest absolute Gasteiger partial charge is 0.276 e. The van der Waals surface area contributed by atoms with E-state index in [1.165, 1.54) is 11.3 Å². The molecule has 0 saturated carbocycles. The molecule has 0 bridgehead atoms. The number of anilines is 1. The van der Waals surface area contributed by atoms with Gasteiger partial charge < -0.3 is 20.1 Å². The summed E-state index contributed by atoms with van der Waals surface area (Å²) in [4.78, 5) is 28.0. The van der Waals surface area contributed by atoms with Gasteiger partial charge in [0.15, 0.2) is 11.5 Å². The molecule has 2 aliphatic heterocycles. The number of hydrogen-bond acceptors (Lipinski definition) is 6. The average molecular weight is 394 g/mol. The Bertz CT molecular complexity index is 1040. The molecular formula is C20H18N4O3S. The van der Waals surface area contributed by atoms with Crippen molar-refractivity contribution in [1.29, 1.82) is 0 Å². The van der Waals surface area contributed by atoms with Gasteiger partial charge >= 0.3 is 0 Å². The monoisotopic (exact) mass is 394 g/mol. The quantitative estimate of drug-likeness (QED) is 0.697. The zero-order valence-electron chi connectivity index (χ0n) is 15.0. The number of benzene rings is 1. The van der Waals surface area contributed by atoms with E-state index in [2.05, 4.69) is 15.8 Å². The molecule has 5 rings (SSSR count). The normalized spacial score (nSPS) is 17.7. The van der Waals surface area contributed by atoms with Gasteiger partial charge in [0, 0.05) is 37.7 Å². The van der Waals surface area contributed by atoms with E-state index in [1.54, 1.807) is 17.0 Å². The number of piperidine rings is 1. The molecule has 2 N–H and O–H groups in total. The summed E-state index contributed by atoms with van der Waals surface area (Å²) in [6.07, 6.45) is 1.24. The van der Waals surface area contributed by atoms with Crippen LogP contribution in [0.25, 0.3) is 10.6 Å². The van der Waals surface area contributed by atoms with E-state index in [-0.39, 0.29) is 11.8 Å². The number of amides is 2. The van der Waals surface area contributed by atoms with Crippen LogP contribution in [0, 0.1) is 0 Å². The molecule has 4 heterocycles. The molecule has 2 aliphatic rings. The van der Waals surface area contributed by atoms with Crippen LogP contribution in [0.2, 0.25) is 0 Å².